The number of aromatic nitrogens is 1. The quantitative estimate of drug-likeness (QED) is 0.791. The minimum atomic E-state index is -2.82. The minimum absolute atomic E-state index is 0.0201. The maximum atomic E-state index is 12.3. The van der Waals surface area contributed by atoms with Gasteiger partial charge in [-0.25, -0.2) is 13.8 Å². The smallest absolute Gasteiger partial charge is 0.442 e. The van der Waals surface area contributed by atoms with Gasteiger partial charge in [0.2, 0.25) is 0 Å². The van der Waals surface area contributed by atoms with Crippen LogP contribution in [0.3, 0.4) is 0 Å². The molecule has 0 aliphatic rings. The molecule has 1 atom stereocenters. The molecule has 0 bridgehead atoms. The highest BCUT2D eigenvalue weighted by Crippen LogP contribution is 2.11. The molecule has 0 N–H and O–H groups in total. The van der Waals surface area contributed by atoms with Crippen molar-refractivity contribution < 1.29 is 23.3 Å². The Balaban J connectivity index is 2.86. The molecular formula is C14H20N2O5S. The van der Waals surface area contributed by atoms with Crippen LogP contribution in [0.4, 0.5) is 4.79 Å². The molecule has 22 heavy (non-hydrogen) atoms. The fraction of sp³-hybridized carbons (Fsp3) is 0.500. The number of nitrogens with zero attached hydrogens (tertiary/aromatic N) is 2. The van der Waals surface area contributed by atoms with Crippen molar-refractivity contribution in [3.63, 3.8) is 0 Å². The summed E-state index contributed by atoms with van der Waals surface area (Å²) in [7, 11) is -1.55. The van der Waals surface area contributed by atoms with Crippen LogP contribution in [0, 0.1) is 0 Å². The van der Waals surface area contributed by atoms with Crippen LogP contribution in [-0.4, -0.2) is 40.2 Å². The molecule has 1 aromatic rings. The van der Waals surface area contributed by atoms with E-state index in [4.69, 9.17) is 4.74 Å². The predicted molar refractivity (Wildman–Crippen MR) is 82.0 cm³/mol. The average molecular weight is 328 g/mol. The second-order valence-corrected chi connectivity index (χ2v) is 8.10. The molecule has 1 amide bonds. The molecule has 1 heterocycles. The van der Waals surface area contributed by atoms with Gasteiger partial charge in [0.1, 0.15) is 5.60 Å². The van der Waals surface area contributed by atoms with Gasteiger partial charge in [-0.1, -0.05) is 0 Å². The maximum Gasteiger partial charge on any atom is 0.442 e. The molecule has 0 fully saturated rings. The molecule has 0 aromatic carbocycles. The molecule has 0 aliphatic carbocycles. The zero-order valence-electron chi connectivity index (χ0n) is 13.3. The molecule has 0 radical (unpaired) electrons. The molecule has 0 saturated carbocycles. The van der Waals surface area contributed by atoms with Gasteiger partial charge in [0.15, 0.2) is 0 Å². The summed E-state index contributed by atoms with van der Waals surface area (Å²) in [6, 6.07) is 3.05. The standard InChI is InChI=1S/C14H20N2O5S/c1-14(2,3)21-13(18)16-22(5,19)9-11-7-6-10(8-15-11)12(17)20-4/h6-8H,9H2,1-5H3. The molecule has 7 nitrogen and oxygen atoms in total. The highest BCUT2D eigenvalue weighted by molar-refractivity contribution is 7.92. The van der Waals surface area contributed by atoms with Gasteiger partial charge in [0.05, 0.1) is 33.8 Å². The van der Waals surface area contributed by atoms with Crippen LogP contribution >= 0.6 is 0 Å². The SMILES string of the molecule is COC(=O)c1ccc(CS(C)(=O)=NC(=O)OC(C)(C)C)nc1. The fourth-order valence-corrected chi connectivity index (χ4v) is 2.63. The number of hydrogen-bond acceptors (Lipinski definition) is 6. The van der Waals surface area contributed by atoms with E-state index in [2.05, 4.69) is 14.1 Å². The summed E-state index contributed by atoms with van der Waals surface area (Å²) in [5.41, 5.74) is 0.0432. The van der Waals surface area contributed by atoms with Gasteiger partial charge in [0, 0.05) is 12.5 Å². The largest absolute Gasteiger partial charge is 0.465 e. The summed E-state index contributed by atoms with van der Waals surface area (Å²) >= 11 is 0. The second-order valence-electron chi connectivity index (χ2n) is 5.71. The number of carbonyl (C=O) groups is 2. The summed E-state index contributed by atoms with van der Waals surface area (Å²) in [5, 5.41) is 0. The maximum absolute atomic E-state index is 12.3. The third kappa shape index (κ3) is 6.21. The number of methoxy groups -OCH3 is 1. The Hall–Kier alpha value is -1.96. The summed E-state index contributed by atoms with van der Waals surface area (Å²) in [6.07, 6.45) is 1.81. The lowest BCUT2D eigenvalue weighted by Crippen LogP contribution is -2.22. The van der Waals surface area contributed by atoms with Crippen LogP contribution in [0.25, 0.3) is 0 Å². The van der Waals surface area contributed by atoms with Crippen molar-refractivity contribution in [1.29, 1.82) is 0 Å². The van der Waals surface area contributed by atoms with Crippen molar-refractivity contribution in [2.24, 2.45) is 4.36 Å². The first-order valence-electron chi connectivity index (χ1n) is 6.48. The number of hydrogen-bond donors (Lipinski definition) is 0. The van der Waals surface area contributed by atoms with E-state index in [9.17, 15) is 13.8 Å². The molecule has 1 aromatic heterocycles. The number of ether oxygens (including phenoxy) is 2. The number of esters is 1. The summed E-state index contributed by atoms with van der Waals surface area (Å²) in [5.74, 6) is -0.525. The Kier molecular flexibility index (Phi) is 5.65. The molecule has 1 unspecified atom stereocenters. The van der Waals surface area contributed by atoms with Gasteiger partial charge < -0.3 is 9.47 Å². The lowest BCUT2D eigenvalue weighted by Gasteiger charge is -2.17. The first-order chi connectivity index (χ1) is 10.0. The monoisotopic (exact) mass is 328 g/mol. The topological polar surface area (TPSA) is 94.9 Å². The van der Waals surface area contributed by atoms with Gasteiger partial charge in [-0.15, -0.1) is 4.36 Å². The van der Waals surface area contributed by atoms with E-state index >= 15 is 0 Å². The van der Waals surface area contributed by atoms with Gasteiger partial charge in [-0.05, 0) is 32.9 Å². The van der Waals surface area contributed by atoms with Crippen molar-refractivity contribution in [2.45, 2.75) is 32.1 Å². The van der Waals surface area contributed by atoms with Crippen LogP contribution in [0.1, 0.15) is 36.8 Å². The highest BCUT2D eigenvalue weighted by Gasteiger charge is 2.18. The van der Waals surface area contributed by atoms with Crippen LogP contribution in [0.15, 0.2) is 22.7 Å². The molecule has 8 heteroatoms. The van der Waals surface area contributed by atoms with Crippen molar-refractivity contribution in [3.8, 4) is 0 Å². The summed E-state index contributed by atoms with van der Waals surface area (Å²) in [4.78, 5) is 26.9. The molecule has 0 saturated heterocycles. The van der Waals surface area contributed by atoms with Crippen LogP contribution < -0.4 is 0 Å². The van der Waals surface area contributed by atoms with Gasteiger partial charge in [-0.3, -0.25) is 4.98 Å². The van der Waals surface area contributed by atoms with E-state index in [0.717, 1.165) is 0 Å². The first-order valence-corrected chi connectivity index (χ1v) is 8.58. The lowest BCUT2D eigenvalue weighted by atomic mass is 10.2. The lowest BCUT2D eigenvalue weighted by molar-refractivity contribution is 0.0593. The van der Waals surface area contributed by atoms with E-state index in [1.807, 2.05) is 0 Å². The Morgan fingerprint density at radius 2 is 1.95 bits per heavy atom. The third-order valence-electron chi connectivity index (χ3n) is 2.32. The molecular weight excluding hydrogens is 308 g/mol. The Morgan fingerprint density at radius 3 is 2.41 bits per heavy atom. The Morgan fingerprint density at radius 1 is 1.32 bits per heavy atom. The minimum Gasteiger partial charge on any atom is -0.465 e. The summed E-state index contributed by atoms with van der Waals surface area (Å²) < 4.78 is 25.5. The third-order valence-corrected chi connectivity index (χ3v) is 3.69. The van der Waals surface area contributed by atoms with Crippen LogP contribution in [0.5, 0.6) is 0 Å². The Labute approximate surface area is 130 Å². The predicted octanol–water partition coefficient (Wildman–Crippen LogP) is 2.40. The van der Waals surface area contributed by atoms with E-state index in [0.29, 0.717) is 5.69 Å². The van der Waals surface area contributed by atoms with E-state index < -0.39 is 27.4 Å². The van der Waals surface area contributed by atoms with Crippen molar-refractivity contribution in [2.75, 3.05) is 13.4 Å². The molecule has 0 spiro atoms. The summed E-state index contributed by atoms with van der Waals surface area (Å²) in [6.45, 7) is 5.10. The second kappa shape index (κ2) is 6.87. The van der Waals surface area contributed by atoms with E-state index in [-0.39, 0.29) is 11.3 Å². The molecule has 122 valence electrons. The Bertz CT molecular complexity index is 667. The number of amides is 1. The molecule has 0 aliphatic heterocycles. The van der Waals surface area contributed by atoms with E-state index in [1.54, 1.807) is 26.8 Å². The van der Waals surface area contributed by atoms with Crippen LogP contribution in [-0.2, 0) is 25.0 Å². The number of rotatable bonds is 3. The number of pyridine rings is 1. The van der Waals surface area contributed by atoms with Gasteiger partial charge in [-0.2, -0.15) is 0 Å². The van der Waals surface area contributed by atoms with Crippen molar-refractivity contribution in [3.05, 3.63) is 29.6 Å². The zero-order chi connectivity index (χ0) is 17.0. The zero-order valence-corrected chi connectivity index (χ0v) is 14.1. The fourth-order valence-electron chi connectivity index (χ4n) is 1.49. The van der Waals surface area contributed by atoms with Crippen molar-refractivity contribution >= 4 is 21.8 Å². The van der Waals surface area contributed by atoms with Crippen LogP contribution in [0.2, 0.25) is 0 Å². The average Bonchev–Trinajstić information content (AvgIpc) is 2.35. The van der Waals surface area contributed by atoms with Gasteiger partial charge in [0.25, 0.3) is 0 Å². The van der Waals surface area contributed by atoms with Gasteiger partial charge >= 0.3 is 12.1 Å². The van der Waals surface area contributed by atoms with E-state index in [1.165, 1.54) is 25.6 Å². The number of carbonyl (C=O) groups excluding carboxylic acids is 2. The van der Waals surface area contributed by atoms with Crippen molar-refractivity contribution in [1.82, 2.24) is 4.98 Å². The normalized spacial score (nSPS) is 13.9. The molecule has 1 rings (SSSR count). The first kappa shape index (κ1) is 18.1. The highest BCUT2D eigenvalue weighted by atomic mass is 32.2.